The molecular formula is C12H21NO3. The van der Waals surface area contributed by atoms with Crippen LogP contribution in [0.2, 0.25) is 0 Å². The fourth-order valence-corrected chi connectivity index (χ4v) is 1.26. The molecule has 0 aromatic heterocycles. The Hall–Kier alpha value is -1.15. The Bertz CT molecular complexity index is 262. The zero-order valence-corrected chi connectivity index (χ0v) is 10.6. The lowest BCUT2D eigenvalue weighted by molar-refractivity contribution is -0.156. The molecule has 16 heavy (non-hydrogen) atoms. The van der Waals surface area contributed by atoms with Crippen LogP contribution in [0.3, 0.4) is 0 Å². The minimum absolute atomic E-state index is 0.438. The van der Waals surface area contributed by atoms with Crippen molar-refractivity contribution in [1.29, 1.82) is 0 Å². The average molecular weight is 227 g/mol. The van der Waals surface area contributed by atoms with Gasteiger partial charge in [-0.15, -0.1) is 0 Å². The molecule has 4 heteroatoms. The van der Waals surface area contributed by atoms with Gasteiger partial charge in [0.15, 0.2) is 6.04 Å². The van der Waals surface area contributed by atoms with Crippen LogP contribution in [-0.4, -0.2) is 23.7 Å². The lowest BCUT2D eigenvalue weighted by atomic mass is 10.1. The van der Waals surface area contributed by atoms with E-state index in [1.165, 1.54) is 6.08 Å². The third kappa shape index (κ3) is 7.18. The quantitative estimate of drug-likeness (QED) is 0.303. The number of rotatable bonds is 6. The van der Waals surface area contributed by atoms with Crippen molar-refractivity contribution in [3.05, 3.63) is 0 Å². The van der Waals surface area contributed by atoms with Gasteiger partial charge in [0.05, 0.1) is 0 Å². The average Bonchev–Trinajstić information content (AvgIpc) is 2.14. The number of hydrogen-bond acceptors (Lipinski definition) is 4. The van der Waals surface area contributed by atoms with Crippen molar-refractivity contribution in [2.45, 2.75) is 65.0 Å². The van der Waals surface area contributed by atoms with E-state index in [1.807, 2.05) is 0 Å². The number of carbonyl (C=O) groups is 1. The predicted octanol–water partition coefficient (Wildman–Crippen LogP) is 2.61. The Kier molecular flexibility index (Phi) is 6.66. The van der Waals surface area contributed by atoms with Gasteiger partial charge in [-0.2, -0.15) is 4.99 Å². The number of unbranched alkanes of at least 4 members (excludes halogenated alkanes) is 2. The summed E-state index contributed by atoms with van der Waals surface area (Å²) >= 11 is 0. The molecule has 0 spiro atoms. The molecular weight excluding hydrogens is 206 g/mol. The Morgan fingerprint density at radius 2 is 2.00 bits per heavy atom. The van der Waals surface area contributed by atoms with Gasteiger partial charge in [-0.1, -0.05) is 26.2 Å². The number of aliphatic imine (C=N–C) groups is 1. The fourth-order valence-electron chi connectivity index (χ4n) is 1.26. The summed E-state index contributed by atoms with van der Waals surface area (Å²) in [6.07, 6.45) is 4.94. The number of nitrogens with zero attached hydrogens (tertiary/aromatic N) is 1. The largest absolute Gasteiger partial charge is 0.458 e. The van der Waals surface area contributed by atoms with Crippen LogP contribution in [0.25, 0.3) is 0 Å². The maximum atomic E-state index is 11.6. The van der Waals surface area contributed by atoms with E-state index in [0.717, 1.165) is 19.3 Å². The van der Waals surface area contributed by atoms with Crippen molar-refractivity contribution >= 4 is 12.0 Å². The summed E-state index contributed by atoms with van der Waals surface area (Å²) in [5, 5.41) is 0. The Balaban J connectivity index is 4.30. The number of hydrogen-bond donors (Lipinski definition) is 0. The molecule has 0 aliphatic heterocycles. The molecule has 0 amide bonds. The SMILES string of the molecule is CCCCC[C@H](N=C=O)C(=O)OC(C)(C)C. The van der Waals surface area contributed by atoms with Gasteiger partial charge in [-0.25, -0.2) is 9.59 Å². The first-order valence-corrected chi connectivity index (χ1v) is 5.70. The molecule has 0 heterocycles. The van der Waals surface area contributed by atoms with Crippen molar-refractivity contribution < 1.29 is 14.3 Å². The number of isocyanates is 1. The lowest BCUT2D eigenvalue weighted by Gasteiger charge is -2.21. The van der Waals surface area contributed by atoms with E-state index < -0.39 is 17.6 Å². The lowest BCUT2D eigenvalue weighted by Crippen LogP contribution is -2.30. The third-order valence-corrected chi connectivity index (χ3v) is 1.97. The van der Waals surface area contributed by atoms with E-state index in [2.05, 4.69) is 11.9 Å². The summed E-state index contributed by atoms with van der Waals surface area (Å²) in [5.41, 5.74) is -0.543. The Morgan fingerprint density at radius 3 is 2.44 bits per heavy atom. The molecule has 0 unspecified atom stereocenters. The Labute approximate surface area is 97.1 Å². The summed E-state index contributed by atoms with van der Waals surface area (Å²) in [6.45, 7) is 7.45. The molecule has 0 radical (unpaired) electrons. The second-order valence-electron chi connectivity index (χ2n) is 4.77. The van der Waals surface area contributed by atoms with Crippen LogP contribution >= 0.6 is 0 Å². The molecule has 1 atom stereocenters. The second kappa shape index (κ2) is 7.18. The molecule has 0 bridgehead atoms. The maximum Gasteiger partial charge on any atom is 0.332 e. The van der Waals surface area contributed by atoms with Crippen LogP contribution in [0, 0.1) is 0 Å². The third-order valence-electron chi connectivity index (χ3n) is 1.97. The topological polar surface area (TPSA) is 55.7 Å². The van der Waals surface area contributed by atoms with Crippen LogP contribution in [0.15, 0.2) is 4.99 Å². The van der Waals surface area contributed by atoms with Gasteiger partial charge in [0.2, 0.25) is 6.08 Å². The summed E-state index contributed by atoms with van der Waals surface area (Å²) in [4.78, 5) is 25.4. The van der Waals surface area contributed by atoms with Gasteiger partial charge in [0, 0.05) is 0 Å². The van der Waals surface area contributed by atoms with Crippen LogP contribution in [0.4, 0.5) is 0 Å². The molecule has 0 saturated heterocycles. The van der Waals surface area contributed by atoms with Crippen molar-refractivity contribution in [2.75, 3.05) is 0 Å². The van der Waals surface area contributed by atoms with Crippen molar-refractivity contribution in [1.82, 2.24) is 0 Å². The van der Waals surface area contributed by atoms with E-state index >= 15 is 0 Å². The maximum absolute atomic E-state index is 11.6. The van der Waals surface area contributed by atoms with Crippen LogP contribution in [0.1, 0.15) is 53.4 Å². The zero-order valence-electron chi connectivity index (χ0n) is 10.6. The molecule has 0 aromatic rings. The molecule has 0 aromatic carbocycles. The van der Waals surface area contributed by atoms with E-state index in [4.69, 9.17) is 4.74 Å². The monoisotopic (exact) mass is 227 g/mol. The molecule has 0 aliphatic carbocycles. The van der Waals surface area contributed by atoms with Crippen LogP contribution < -0.4 is 0 Å². The molecule has 0 fully saturated rings. The molecule has 92 valence electrons. The van der Waals surface area contributed by atoms with Crippen molar-refractivity contribution in [3.63, 3.8) is 0 Å². The minimum Gasteiger partial charge on any atom is -0.458 e. The van der Waals surface area contributed by atoms with Crippen molar-refractivity contribution in [3.8, 4) is 0 Å². The first-order valence-electron chi connectivity index (χ1n) is 5.70. The Morgan fingerprint density at radius 1 is 1.38 bits per heavy atom. The van der Waals surface area contributed by atoms with Gasteiger partial charge in [-0.05, 0) is 27.2 Å². The molecule has 0 rings (SSSR count). The van der Waals surface area contributed by atoms with Crippen LogP contribution in [0.5, 0.6) is 0 Å². The highest BCUT2D eigenvalue weighted by molar-refractivity contribution is 5.77. The van der Waals surface area contributed by atoms with Gasteiger partial charge >= 0.3 is 5.97 Å². The standard InChI is InChI=1S/C12H21NO3/c1-5-6-7-8-10(13-9-14)11(15)16-12(2,3)4/h10H,5-8H2,1-4H3/t10-/m0/s1. The van der Waals surface area contributed by atoms with Crippen LogP contribution in [-0.2, 0) is 14.3 Å². The van der Waals surface area contributed by atoms with E-state index in [0.29, 0.717) is 6.42 Å². The first-order chi connectivity index (χ1) is 7.40. The normalized spacial score (nSPS) is 12.8. The second-order valence-corrected chi connectivity index (χ2v) is 4.77. The predicted molar refractivity (Wildman–Crippen MR) is 61.9 cm³/mol. The zero-order chi connectivity index (χ0) is 12.6. The molecule has 4 nitrogen and oxygen atoms in total. The van der Waals surface area contributed by atoms with Gasteiger partial charge < -0.3 is 4.74 Å². The highest BCUT2D eigenvalue weighted by Gasteiger charge is 2.24. The summed E-state index contributed by atoms with van der Waals surface area (Å²) in [5.74, 6) is -0.438. The minimum atomic E-state index is -0.691. The van der Waals surface area contributed by atoms with Gasteiger partial charge in [0.1, 0.15) is 5.60 Å². The van der Waals surface area contributed by atoms with E-state index in [-0.39, 0.29) is 0 Å². The van der Waals surface area contributed by atoms with E-state index in [1.54, 1.807) is 20.8 Å². The summed E-state index contributed by atoms with van der Waals surface area (Å²) < 4.78 is 5.17. The number of carbonyl (C=O) groups excluding carboxylic acids is 2. The number of esters is 1. The fraction of sp³-hybridized carbons (Fsp3) is 0.833. The highest BCUT2D eigenvalue weighted by atomic mass is 16.6. The number of ether oxygens (including phenoxy) is 1. The smallest absolute Gasteiger partial charge is 0.332 e. The van der Waals surface area contributed by atoms with E-state index in [9.17, 15) is 9.59 Å². The summed E-state index contributed by atoms with van der Waals surface area (Å²) in [6, 6.07) is -0.691. The highest BCUT2D eigenvalue weighted by Crippen LogP contribution is 2.13. The molecule has 0 N–H and O–H groups in total. The van der Waals surface area contributed by atoms with Crippen molar-refractivity contribution in [2.24, 2.45) is 4.99 Å². The van der Waals surface area contributed by atoms with Gasteiger partial charge in [-0.3, -0.25) is 0 Å². The first kappa shape index (κ1) is 14.8. The molecule has 0 aliphatic rings. The molecule has 0 saturated carbocycles. The summed E-state index contributed by atoms with van der Waals surface area (Å²) in [7, 11) is 0. The van der Waals surface area contributed by atoms with Gasteiger partial charge in [0.25, 0.3) is 0 Å².